The van der Waals surface area contributed by atoms with Crippen LogP contribution >= 0.6 is 11.8 Å². The Bertz CT molecular complexity index is 966. The molecule has 0 unspecified atom stereocenters. The Morgan fingerprint density at radius 2 is 2.00 bits per heavy atom. The zero-order valence-electron chi connectivity index (χ0n) is 13.4. The fourth-order valence-electron chi connectivity index (χ4n) is 2.34. The Labute approximate surface area is 143 Å². The molecule has 0 atom stereocenters. The maximum Gasteiger partial charge on any atom is 0.261 e. The van der Waals surface area contributed by atoms with Crippen LogP contribution in [0.15, 0.2) is 58.5 Å². The summed E-state index contributed by atoms with van der Waals surface area (Å²) in [5.41, 5.74) is 1.10. The van der Waals surface area contributed by atoms with E-state index in [-0.39, 0.29) is 17.1 Å². The van der Waals surface area contributed by atoms with Gasteiger partial charge in [0.15, 0.2) is 10.9 Å². The minimum atomic E-state index is -0.114. The Morgan fingerprint density at radius 3 is 2.79 bits per heavy atom. The van der Waals surface area contributed by atoms with E-state index >= 15 is 0 Å². The van der Waals surface area contributed by atoms with Crippen LogP contribution in [0.5, 0.6) is 5.75 Å². The van der Waals surface area contributed by atoms with Gasteiger partial charge in [-0.2, -0.15) is 0 Å². The number of ketones is 1. The van der Waals surface area contributed by atoms with Crippen LogP contribution in [0.3, 0.4) is 0 Å². The predicted molar refractivity (Wildman–Crippen MR) is 95.0 cm³/mol. The van der Waals surface area contributed by atoms with Crippen LogP contribution in [0.25, 0.3) is 10.9 Å². The number of rotatable bonds is 5. The van der Waals surface area contributed by atoms with Crippen LogP contribution in [0.4, 0.5) is 0 Å². The van der Waals surface area contributed by atoms with Crippen molar-refractivity contribution < 1.29 is 9.53 Å². The summed E-state index contributed by atoms with van der Waals surface area (Å²) >= 11 is 1.25. The number of nitrogens with zero attached hydrogens (tertiary/aromatic N) is 2. The fraction of sp³-hybridized carbons (Fsp3) is 0.167. The summed E-state index contributed by atoms with van der Waals surface area (Å²) in [5, 5.41) is 1.10. The molecule has 0 saturated heterocycles. The van der Waals surface area contributed by atoms with Gasteiger partial charge in [0, 0.05) is 12.6 Å². The number of hydrogen-bond donors (Lipinski definition) is 0. The van der Waals surface area contributed by atoms with Crippen molar-refractivity contribution in [1.82, 2.24) is 9.55 Å². The minimum Gasteiger partial charge on any atom is -0.497 e. The van der Waals surface area contributed by atoms with Gasteiger partial charge in [-0.25, -0.2) is 4.98 Å². The normalized spacial score (nSPS) is 10.8. The zero-order valence-corrected chi connectivity index (χ0v) is 14.2. The highest BCUT2D eigenvalue weighted by Crippen LogP contribution is 2.20. The molecule has 0 spiro atoms. The minimum absolute atomic E-state index is 0.0405. The molecule has 24 heavy (non-hydrogen) atoms. The second-order valence-electron chi connectivity index (χ2n) is 5.22. The average Bonchev–Trinajstić information content (AvgIpc) is 2.63. The SMILES string of the molecule is COc1cccc(C(=O)CSc2nc3ccccc3c(=O)n2C)c1. The third kappa shape index (κ3) is 3.19. The third-order valence-corrected chi connectivity index (χ3v) is 4.70. The number of carbonyl (C=O) groups is 1. The van der Waals surface area contributed by atoms with Gasteiger partial charge in [-0.15, -0.1) is 0 Å². The van der Waals surface area contributed by atoms with Crippen molar-refractivity contribution in [3.8, 4) is 5.75 Å². The number of hydrogen-bond acceptors (Lipinski definition) is 5. The molecule has 3 aromatic rings. The van der Waals surface area contributed by atoms with Gasteiger partial charge >= 0.3 is 0 Å². The molecule has 0 amide bonds. The quantitative estimate of drug-likeness (QED) is 0.406. The van der Waals surface area contributed by atoms with Crippen molar-refractivity contribution in [2.45, 2.75) is 5.16 Å². The van der Waals surface area contributed by atoms with E-state index in [1.165, 1.54) is 16.3 Å². The molecular weight excluding hydrogens is 324 g/mol. The van der Waals surface area contributed by atoms with Crippen LogP contribution in [-0.2, 0) is 7.05 Å². The Balaban J connectivity index is 1.84. The second kappa shape index (κ2) is 6.88. The second-order valence-corrected chi connectivity index (χ2v) is 6.16. The van der Waals surface area contributed by atoms with E-state index < -0.39 is 0 Å². The Hall–Kier alpha value is -2.60. The van der Waals surface area contributed by atoms with E-state index in [1.807, 2.05) is 12.1 Å². The van der Waals surface area contributed by atoms with Crippen molar-refractivity contribution in [2.75, 3.05) is 12.9 Å². The van der Waals surface area contributed by atoms with E-state index in [9.17, 15) is 9.59 Å². The van der Waals surface area contributed by atoms with E-state index in [0.29, 0.717) is 27.4 Å². The van der Waals surface area contributed by atoms with Gasteiger partial charge in [0.05, 0.1) is 23.8 Å². The summed E-state index contributed by atoms with van der Waals surface area (Å²) in [7, 11) is 3.23. The monoisotopic (exact) mass is 340 g/mol. The first-order chi connectivity index (χ1) is 11.6. The number of fused-ring (bicyclic) bond motifs is 1. The van der Waals surface area contributed by atoms with Gasteiger partial charge in [-0.3, -0.25) is 14.2 Å². The topological polar surface area (TPSA) is 61.2 Å². The molecule has 122 valence electrons. The molecule has 0 aliphatic rings. The molecule has 0 saturated carbocycles. The van der Waals surface area contributed by atoms with Gasteiger partial charge in [-0.05, 0) is 24.3 Å². The summed E-state index contributed by atoms with van der Waals surface area (Å²) in [6.07, 6.45) is 0. The molecule has 0 radical (unpaired) electrons. The number of para-hydroxylation sites is 1. The van der Waals surface area contributed by atoms with Crippen molar-refractivity contribution in [1.29, 1.82) is 0 Å². The number of carbonyl (C=O) groups excluding carboxylic acids is 1. The van der Waals surface area contributed by atoms with E-state index in [1.54, 1.807) is 50.6 Å². The predicted octanol–water partition coefficient (Wildman–Crippen LogP) is 2.92. The molecule has 3 rings (SSSR count). The smallest absolute Gasteiger partial charge is 0.261 e. The molecule has 0 N–H and O–H groups in total. The van der Waals surface area contributed by atoms with Crippen molar-refractivity contribution >= 4 is 28.4 Å². The van der Waals surface area contributed by atoms with Crippen molar-refractivity contribution in [2.24, 2.45) is 7.05 Å². The summed E-state index contributed by atoms with van der Waals surface area (Å²) in [6, 6.07) is 14.2. The molecular formula is C18H16N2O3S. The molecule has 2 aromatic carbocycles. The highest BCUT2D eigenvalue weighted by molar-refractivity contribution is 7.99. The molecule has 0 aliphatic carbocycles. The average molecular weight is 340 g/mol. The number of methoxy groups -OCH3 is 1. The summed E-state index contributed by atoms with van der Waals surface area (Å²) in [6.45, 7) is 0. The lowest BCUT2D eigenvalue weighted by molar-refractivity contribution is 0.102. The third-order valence-electron chi connectivity index (χ3n) is 3.67. The molecule has 0 bridgehead atoms. The van der Waals surface area contributed by atoms with E-state index in [4.69, 9.17) is 4.74 Å². The molecule has 0 aliphatic heterocycles. The first kappa shape index (κ1) is 16.3. The molecule has 1 aromatic heterocycles. The maximum absolute atomic E-state index is 12.4. The number of aromatic nitrogens is 2. The largest absolute Gasteiger partial charge is 0.497 e. The lowest BCUT2D eigenvalue weighted by atomic mass is 10.1. The highest BCUT2D eigenvalue weighted by atomic mass is 32.2. The van der Waals surface area contributed by atoms with E-state index in [0.717, 1.165) is 0 Å². The van der Waals surface area contributed by atoms with Crippen molar-refractivity contribution in [3.05, 3.63) is 64.4 Å². The highest BCUT2D eigenvalue weighted by Gasteiger charge is 2.12. The van der Waals surface area contributed by atoms with Crippen LogP contribution in [0, 0.1) is 0 Å². The zero-order chi connectivity index (χ0) is 17.1. The van der Waals surface area contributed by atoms with E-state index in [2.05, 4.69) is 4.98 Å². The van der Waals surface area contributed by atoms with Gasteiger partial charge in [-0.1, -0.05) is 36.0 Å². The molecule has 6 heteroatoms. The first-order valence-corrected chi connectivity index (χ1v) is 8.34. The summed E-state index contributed by atoms with van der Waals surface area (Å²) in [5.74, 6) is 0.801. The summed E-state index contributed by atoms with van der Waals surface area (Å²) < 4.78 is 6.61. The lowest BCUT2D eigenvalue weighted by Crippen LogP contribution is -2.20. The van der Waals surface area contributed by atoms with Gasteiger partial charge in [0.1, 0.15) is 5.75 Å². The summed E-state index contributed by atoms with van der Waals surface area (Å²) in [4.78, 5) is 29.2. The fourth-order valence-corrected chi connectivity index (χ4v) is 3.20. The van der Waals surface area contributed by atoms with Crippen LogP contribution < -0.4 is 10.3 Å². The lowest BCUT2D eigenvalue weighted by Gasteiger charge is -2.08. The number of thioether (sulfide) groups is 1. The standard InChI is InChI=1S/C18H16N2O3S/c1-20-17(22)14-8-3-4-9-15(14)19-18(20)24-11-16(21)12-6-5-7-13(10-12)23-2/h3-10H,11H2,1-2H3. The van der Waals surface area contributed by atoms with Gasteiger partial charge in [0.2, 0.25) is 0 Å². The Kier molecular flexibility index (Phi) is 4.66. The number of Topliss-reactive ketones (excluding diaryl/α,β-unsaturated/α-hetero) is 1. The molecule has 0 fully saturated rings. The van der Waals surface area contributed by atoms with Crippen LogP contribution in [0.1, 0.15) is 10.4 Å². The Morgan fingerprint density at radius 1 is 1.21 bits per heavy atom. The molecule has 5 nitrogen and oxygen atoms in total. The molecule has 1 heterocycles. The van der Waals surface area contributed by atoms with Crippen LogP contribution in [-0.4, -0.2) is 28.2 Å². The number of benzene rings is 2. The van der Waals surface area contributed by atoms with Crippen molar-refractivity contribution in [3.63, 3.8) is 0 Å². The van der Waals surface area contributed by atoms with Gasteiger partial charge < -0.3 is 4.74 Å². The van der Waals surface area contributed by atoms with Gasteiger partial charge in [0.25, 0.3) is 5.56 Å². The number of ether oxygens (including phenoxy) is 1. The van der Waals surface area contributed by atoms with Crippen LogP contribution in [0.2, 0.25) is 0 Å². The maximum atomic E-state index is 12.4. The first-order valence-electron chi connectivity index (χ1n) is 7.36.